The second kappa shape index (κ2) is 13.3. The first-order chi connectivity index (χ1) is 12.6. The quantitative estimate of drug-likeness (QED) is 0.438. The molecule has 6 nitrogen and oxygen atoms in total. The summed E-state index contributed by atoms with van der Waals surface area (Å²) in [5.74, 6) is 0. The van der Waals surface area contributed by atoms with E-state index < -0.39 is 17.3 Å². The van der Waals surface area contributed by atoms with Crippen LogP contribution in [0.1, 0.15) is 77.0 Å². The molecule has 0 aliphatic rings. The van der Waals surface area contributed by atoms with Crippen molar-refractivity contribution >= 4 is 0 Å². The second-order valence-corrected chi connectivity index (χ2v) is 6.43. The summed E-state index contributed by atoms with van der Waals surface area (Å²) in [4.78, 5) is 0. The van der Waals surface area contributed by atoms with Gasteiger partial charge in [0.05, 0.1) is 42.8 Å². The second-order valence-electron chi connectivity index (χ2n) is 6.43. The van der Waals surface area contributed by atoms with Gasteiger partial charge in [0.1, 0.15) is 0 Å². The highest BCUT2D eigenvalue weighted by Gasteiger charge is 2.54. The summed E-state index contributed by atoms with van der Waals surface area (Å²) >= 11 is 0. The van der Waals surface area contributed by atoms with Crippen LogP contribution < -0.4 is 0 Å². The van der Waals surface area contributed by atoms with E-state index in [1.807, 2.05) is 12.1 Å². The van der Waals surface area contributed by atoms with E-state index in [1.165, 1.54) is 0 Å². The van der Waals surface area contributed by atoms with Gasteiger partial charge < -0.3 is 0 Å². The Labute approximate surface area is 156 Å². The summed E-state index contributed by atoms with van der Waals surface area (Å²) in [5.41, 5.74) is -3.68. The van der Waals surface area contributed by atoms with Gasteiger partial charge in [-0.3, -0.25) is 0 Å². The van der Waals surface area contributed by atoms with Crippen LogP contribution in [0.4, 0.5) is 0 Å². The molecule has 0 aliphatic carbocycles. The summed E-state index contributed by atoms with van der Waals surface area (Å²) in [5, 5.41) is 54.9. The highest BCUT2D eigenvalue weighted by Crippen LogP contribution is 2.44. The Balaban J connectivity index is 4.34. The molecule has 0 saturated carbocycles. The number of hydrogen-bond donors (Lipinski definition) is 0. The summed E-state index contributed by atoms with van der Waals surface area (Å²) in [6.07, 6.45) is 9.14. The van der Waals surface area contributed by atoms with Crippen LogP contribution in [0.2, 0.25) is 0 Å². The van der Waals surface area contributed by atoms with Crippen LogP contribution >= 0.6 is 0 Å². The standard InChI is InChI=1S/C20H24N6/c21-13-10-8-6-4-2-1-3-5-7-9-11-19(15-23,16-24)20(17-25,18-26)12-14-22/h1-12H2. The molecule has 0 spiro atoms. The number of rotatable bonds is 13. The molecule has 134 valence electrons. The average molecular weight is 348 g/mol. The normalized spacial score (nSPS) is 10.4. The number of hydrogen-bond acceptors (Lipinski definition) is 6. The van der Waals surface area contributed by atoms with Gasteiger partial charge in [-0.15, -0.1) is 0 Å². The van der Waals surface area contributed by atoms with E-state index in [2.05, 4.69) is 6.07 Å². The number of nitriles is 6. The van der Waals surface area contributed by atoms with Crippen molar-refractivity contribution in [3.63, 3.8) is 0 Å². The van der Waals surface area contributed by atoms with Crippen LogP contribution in [0.5, 0.6) is 0 Å². The van der Waals surface area contributed by atoms with Crippen molar-refractivity contribution in [1.29, 1.82) is 31.6 Å². The lowest BCUT2D eigenvalue weighted by Crippen LogP contribution is -2.38. The molecule has 0 N–H and O–H groups in total. The smallest absolute Gasteiger partial charge is 0.188 e. The average Bonchev–Trinajstić information content (AvgIpc) is 2.68. The molecule has 0 unspecified atom stereocenters. The van der Waals surface area contributed by atoms with Crippen LogP contribution in [0, 0.1) is 78.8 Å². The molecule has 0 heterocycles. The molecule has 6 heteroatoms. The molecular formula is C20H24N6. The Bertz CT molecular complexity index is 640. The van der Waals surface area contributed by atoms with Crippen LogP contribution in [0.3, 0.4) is 0 Å². The SMILES string of the molecule is N#CCCCCCCCCCCCC(C#N)(C#N)C(C#N)(C#N)CC#N. The first-order valence-corrected chi connectivity index (χ1v) is 9.01. The lowest BCUT2D eigenvalue weighted by atomic mass is 9.62. The molecule has 0 bridgehead atoms. The summed E-state index contributed by atoms with van der Waals surface area (Å²) in [6, 6.07) is 11.1. The van der Waals surface area contributed by atoms with Gasteiger partial charge in [0.15, 0.2) is 10.8 Å². The molecule has 0 aromatic rings. The summed E-state index contributed by atoms with van der Waals surface area (Å²) in [6.45, 7) is 0. The van der Waals surface area contributed by atoms with Crippen LogP contribution in [-0.4, -0.2) is 0 Å². The third-order valence-corrected chi connectivity index (χ3v) is 4.68. The van der Waals surface area contributed by atoms with E-state index in [9.17, 15) is 21.0 Å². The van der Waals surface area contributed by atoms with Gasteiger partial charge in [0, 0.05) is 6.42 Å². The van der Waals surface area contributed by atoms with Crippen molar-refractivity contribution in [1.82, 2.24) is 0 Å². The van der Waals surface area contributed by atoms with Crippen LogP contribution in [0.25, 0.3) is 0 Å². The fourth-order valence-electron chi connectivity index (χ4n) is 2.94. The van der Waals surface area contributed by atoms with Gasteiger partial charge in [0.25, 0.3) is 0 Å². The largest absolute Gasteiger partial charge is 0.198 e. The molecule has 0 aromatic heterocycles. The van der Waals surface area contributed by atoms with E-state index in [4.69, 9.17) is 10.5 Å². The molecule has 0 aliphatic heterocycles. The van der Waals surface area contributed by atoms with Crippen molar-refractivity contribution in [3.8, 4) is 36.4 Å². The van der Waals surface area contributed by atoms with Crippen molar-refractivity contribution in [2.75, 3.05) is 0 Å². The first kappa shape index (κ1) is 22.9. The number of unbranched alkanes of at least 4 members (excludes halogenated alkanes) is 9. The van der Waals surface area contributed by atoms with Crippen molar-refractivity contribution in [2.45, 2.75) is 77.0 Å². The molecular weight excluding hydrogens is 324 g/mol. The number of nitrogens with zero attached hydrogens (tertiary/aromatic N) is 6. The van der Waals surface area contributed by atoms with E-state index in [0.29, 0.717) is 12.8 Å². The maximum atomic E-state index is 9.46. The van der Waals surface area contributed by atoms with Gasteiger partial charge in [0.2, 0.25) is 0 Å². The zero-order chi connectivity index (χ0) is 19.7. The van der Waals surface area contributed by atoms with Gasteiger partial charge >= 0.3 is 0 Å². The zero-order valence-corrected chi connectivity index (χ0v) is 15.2. The Hall–Kier alpha value is -3.06. The molecule has 26 heavy (non-hydrogen) atoms. The van der Waals surface area contributed by atoms with Gasteiger partial charge in [-0.25, -0.2) is 0 Å². The predicted molar refractivity (Wildman–Crippen MR) is 93.9 cm³/mol. The van der Waals surface area contributed by atoms with Crippen molar-refractivity contribution < 1.29 is 0 Å². The Morgan fingerprint density at radius 2 is 0.885 bits per heavy atom. The monoisotopic (exact) mass is 348 g/mol. The minimum absolute atomic E-state index is 0.122. The minimum Gasteiger partial charge on any atom is -0.198 e. The van der Waals surface area contributed by atoms with Crippen molar-refractivity contribution in [3.05, 3.63) is 0 Å². The molecule has 0 saturated heterocycles. The van der Waals surface area contributed by atoms with Gasteiger partial charge in [-0.2, -0.15) is 31.6 Å². The van der Waals surface area contributed by atoms with E-state index in [-0.39, 0.29) is 6.42 Å². The molecule has 0 fully saturated rings. The van der Waals surface area contributed by atoms with Gasteiger partial charge in [-0.1, -0.05) is 51.4 Å². The highest BCUT2D eigenvalue weighted by molar-refractivity contribution is 5.35. The Morgan fingerprint density at radius 3 is 1.27 bits per heavy atom. The van der Waals surface area contributed by atoms with E-state index in [1.54, 1.807) is 18.2 Å². The maximum absolute atomic E-state index is 9.46. The molecule has 0 aromatic carbocycles. The molecule has 0 amide bonds. The predicted octanol–water partition coefficient (Wildman–Crippen LogP) is 4.78. The fraction of sp³-hybridized carbons (Fsp3) is 0.700. The van der Waals surface area contributed by atoms with Crippen molar-refractivity contribution in [2.24, 2.45) is 10.8 Å². The maximum Gasteiger partial charge on any atom is 0.188 e. The first-order valence-electron chi connectivity index (χ1n) is 9.01. The Kier molecular flexibility index (Phi) is 11.7. The van der Waals surface area contributed by atoms with Crippen LogP contribution in [0.15, 0.2) is 0 Å². The zero-order valence-electron chi connectivity index (χ0n) is 15.2. The molecule has 0 radical (unpaired) electrons. The van der Waals surface area contributed by atoms with Gasteiger partial charge in [-0.05, 0) is 12.8 Å². The summed E-state index contributed by atoms with van der Waals surface area (Å²) in [7, 11) is 0. The van der Waals surface area contributed by atoms with E-state index in [0.717, 1.165) is 51.4 Å². The summed E-state index contributed by atoms with van der Waals surface area (Å²) < 4.78 is 0. The topological polar surface area (TPSA) is 143 Å². The minimum atomic E-state index is -1.91. The third kappa shape index (κ3) is 6.45. The Morgan fingerprint density at radius 1 is 0.462 bits per heavy atom. The molecule has 0 atom stereocenters. The van der Waals surface area contributed by atoms with E-state index >= 15 is 0 Å². The molecule has 0 rings (SSSR count). The van der Waals surface area contributed by atoms with Crippen LogP contribution in [-0.2, 0) is 0 Å². The third-order valence-electron chi connectivity index (χ3n) is 4.68. The lowest BCUT2D eigenvalue weighted by Gasteiger charge is -2.29. The fourth-order valence-corrected chi connectivity index (χ4v) is 2.94. The highest BCUT2D eigenvalue weighted by atomic mass is 14.6. The lowest BCUT2D eigenvalue weighted by molar-refractivity contribution is 0.273.